The third-order valence-corrected chi connectivity index (χ3v) is 3.34. The van der Waals surface area contributed by atoms with Crippen LogP contribution in [0.3, 0.4) is 0 Å². The topological polar surface area (TPSA) is 17.1 Å². The molecule has 1 atom stereocenters. The van der Waals surface area contributed by atoms with E-state index in [0.717, 1.165) is 17.5 Å². The maximum absolute atomic E-state index is 12.3. The van der Waals surface area contributed by atoms with Crippen molar-refractivity contribution in [3.63, 3.8) is 0 Å². The average molecular weight is 238 g/mol. The Bertz CT molecular complexity index is 511. The quantitative estimate of drug-likeness (QED) is 0.728. The zero-order valence-electron chi connectivity index (χ0n) is 10.9. The smallest absolute Gasteiger partial charge is 0.170 e. The molecule has 1 nitrogen and oxygen atoms in total. The number of hydrogen-bond donors (Lipinski definition) is 0. The Hall–Kier alpha value is -1.89. The summed E-state index contributed by atoms with van der Waals surface area (Å²) in [5, 5.41) is 0. The van der Waals surface area contributed by atoms with E-state index >= 15 is 0 Å². The molecule has 0 saturated heterocycles. The Morgan fingerprint density at radius 2 is 1.61 bits per heavy atom. The number of rotatable bonds is 4. The predicted molar refractivity (Wildman–Crippen MR) is 75.0 cm³/mol. The SMILES string of the molecule is CCc1ccc(C(=O)C(C)c2ccccc2)cc1. The van der Waals surface area contributed by atoms with E-state index in [0.29, 0.717) is 0 Å². The molecule has 0 bridgehead atoms. The second-order valence-electron chi connectivity index (χ2n) is 4.55. The first-order chi connectivity index (χ1) is 8.72. The number of carbonyl (C=O) groups is 1. The number of ketones is 1. The number of Topliss-reactive ketones (excluding diaryl/α,β-unsaturated/α-hetero) is 1. The zero-order valence-corrected chi connectivity index (χ0v) is 10.9. The van der Waals surface area contributed by atoms with Gasteiger partial charge in [-0.25, -0.2) is 0 Å². The molecule has 18 heavy (non-hydrogen) atoms. The second kappa shape index (κ2) is 5.63. The van der Waals surface area contributed by atoms with Crippen LogP contribution < -0.4 is 0 Å². The van der Waals surface area contributed by atoms with E-state index in [1.165, 1.54) is 5.56 Å². The second-order valence-corrected chi connectivity index (χ2v) is 4.55. The Balaban J connectivity index is 2.20. The molecule has 0 radical (unpaired) electrons. The molecule has 0 aromatic heterocycles. The summed E-state index contributed by atoms with van der Waals surface area (Å²) < 4.78 is 0. The maximum atomic E-state index is 12.3. The van der Waals surface area contributed by atoms with Crippen molar-refractivity contribution >= 4 is 5.78 Å². The molecule has 2 aromatic carbocycles. The first kappa shape index (κ1) is 12.6. The van der Waals surface area contributed by atoms with Crippen molar-refractivity contribution < 1.29 is 4.79 Å². The van der Waals surface area contributed by atoms with Crippen LogP contribution in [-0.4, -0.2) is 5.78 Å². The molecule has 0 amide bonds. The van der Waals surface area contributed by atoms with Crippen molar-refractivity contribution in [3.05, 3.63) is 71.3 Å². The molecule has 0 aliphatic carbocycles. The largest absolute Gasteiger partial charge is 0.294 e. The average Bonchev–Trinajstić information content (AvgIpc) is 2.47. The summed E-state index contributed by atoms with van der Waals surface area (Å²) in [6.07, 6.45) is 1.00. The lowest BCUT2D eigenvalue weighted by Gasteiger charge is -2.11. The standard InChI is InChI=1S/C17H18O/c1-3-14-9-11-16(12-10-14)17(18)13(2)15-7-5-4-6-8-15/h4-13H,3H2,1-2H3. The van der Waals surface area contributed by atoms with Gasteiger partial charge < -0.3 is 0 Å². The molecule has 2 aromatic rings. The van der Waals surface area contributed by atoms with Gasteiger partial charge in [0.1, 0.15) is 0 Å². The van der Waals surface area contributed by atoms with Crippen molar-refractivity contribution in [2.75, 3.05) is 0 Å². The fraction of sp³-hybridized carbons (Fsp3) is 0.235. The summed E-state index contributed by atoms with van der Waals surface area (Å²) in [5.74, 6) is 0.0996. The van der Waals surface area contributed by atoms with Gasteiger partial charge in [0.2, 0.25) is 0 Å². The van der Waals surface area contributed by atoms with Gasteiger partial charge in [-0.05, 0) is 17.5 Å². The molecule has 0 aliphatic heterocycles. The summed E-state index contributed by atoms with van der Waals surface area (Å²) >= 11 is 0. The third kappa shape index (κ3) is 2.67. The molecule has 2 rings (SSSR count). The molecule has 1 heteroatoms. The number of aryl methyl sites for hydroxylation is 1. The first-order valence-electron chi connectivity index (χ1n) is 6.40. The Labute approximate surface area is 108 Å². The van der Waals surface area contributed by atoms with Crippen molar-refractivity contribution in [2.24, 2.45) is 0 Å². The number of hydrogen-bond acceptors (Lipinski definition) is 1. The highest BCUT2D eigenvalue weighted by molar-refractivity contribution is 6.00. The lowest BCUT2D eigenvalue weighted by molar-refractivity contribution is 0.0966. The van der Waals surface area contributed by atoms with Gasteiger partial charge in [-0.15, -0.1) is 0 Å². The lowest BCUT2D eigenvalue weighted by atomic mass is 9.92. The first-order valence-corrected chi connectivity index (χ1v) is 6.40. The predicted octanol–water partition coefficient (Wildman–Crippen LogP) is 4.24. The normalized spacial score (nSPS) is 12.1. The monoisotopic (exact) mass is 238 g/mol. The van der Waals surface area contributed by atoms with E-state index in [9.17, 15) is 4.79 Å². The van der Waals surface area contributed by atoms with Crippen LogP contribution in [0.2, 0.25) is 0 Å². The van der Waals surface area contributed by atoms with Gasteiger partial charge in [0.05, 0.1) is 0 Å². The van der Waals surface area contributed by atoms with Gasteiger partial charge in [0.25, 0.3) is 0 Å². The molecule has 0 saturated carbocycles. The third-order valence-electron chi connectivity index (χ3n) is 3.34. The van der Waals surface area contributed by atoms with E-state index in [-0.39, 0.29) is 11.7 Å². The molecular weight excluding hydrogens is 220 g/mol. The van der Waals surface area contributed by atoms with E-state index in [2.05, 4.69) is 6.92 Å². The van der Waals surface area contributed by atoms with Gasteiger partial charge in [-0.1, -0.05) is 68.4 Å². The van der Waals surface area contributed by atoms with Crippen LogP contribution in [0.15, 0.2) is 54.6 Å². The molecule has 0 aliphatic rings. The van der Waals surface area contributed by atoms with E-state index in [1.807, 2.05) is 61.5 Å². The van der Waals surface area contributed by atoms with Gasteiger partial charge in [0.15, 0.2) is 5.78 Å². The minimum absolute atomic E-state index is 0.0846. The number of benzene rings is 2. The van der Waals surface area contributed by atoms with Crippen LogP contribution in [0.4, 0.5) is 0 Å². The van der Waals surface area contributed by atoms with E-state index in [1.54, 1.807) is 0 Å². The van der Waals surface area contributed by atoms with Crippen LogP contribution in [0, 0.1) is 0 Å². The molecule has 92 valence electrons. The van der Waals surface area contributed by atoms with Gasteiger partial charge in [-0.3, -0.25) is 4.79 Å². The van der Waals surface area contributed by atoms with Gasteiger partial charge in [-0.2, -0.15) is 0 Å². The van der Waals surface area contributed by atoms with Crippen molar-refractivity contribution in [2.45, 2.75) is 26.2 Å². The summed E-state index contributed by atoms with van der Waals surface area (Å²) in [7, 11) is 0. The van der Waals surface area contributed by atoms with E-state index < -0.39 is 0 Å². The van der Waals surface area contributed by atoms with Crippen LogP contribution >= 0.6 is 0 Å². The van der Waals surface area contributed by atoms with Crippen LogP contribution in [0.25, 0.3) is 0 Å². The molecule has 0 heterocycles. The molecule has 0 N–H and O–H groups in total. The summed E-state index contributed by atoms with van der Waals surface area (Å²) in [5.41, 5.74) is 3.13. The maximum Gasteiger partial charge on any atom is 0.170 e. The van der Waals surface area contributed by atoms with Crippen LogP contribution in [0.1, 0.15) is 41.3 Å². The molecule has 0 fully saturated rings. The van der Waals surface area contributed by atoms with Gasteiger partial charge in [0, 0.05) is 11.5 Å². The summed E-state index contributed by atoms with van der Waals surface area (Å²) in [6.45, 7) is 4.08. The summed E-state index contributed by atoms with van der Waals surface area (Å²) in [4.78, 5) is 12.3. The number of carbonyl (C=O) groups excluding carboxylic acids is 1. The lowest BCUT2D eigenvalue weighted by Crippen LogP contribution is -2.09. The minimum atomic E-state index is -0.0846. The zero-order chi connectivity index (χ0) is 13.0. The minimum Gasteiger partial charge on any atom is -0.294 e. The fourth-order valence-electron chi connectivity index (χ4n) is 2.05. The molecule has 1 unspecified atom stereocenters. The van der Waals surface area contributed by atoms with Crippen LogP contribution in [-0.2, 0) is 6.42 Å². The molecule has 0 spiro atoms. The highest BCUT2D eigenvalue weighted by atomic mass is 16.1. The van der Waals surface area contributed by atoms with Crippen molar-refractivity contribution in [1.82, 2.24) is 0 Å². The van der Waals surface area contributed by atoms with Crippen LogP contribution in [0.5, 0.6) is 0 Å². The van der Waals surface area contributed by atoms with Crippen molar-refractivity contribution in [1.29, 1.82) is 0 Å². The Morgan fingerprint density at radius 3 is 2.17 bits per heavy atom. The summed E-state index contributed by atoms with van der Waals surface area (Å²) in [6, 6.07) is 17.8. The Kier molecular flexibility index (Phi) is 3.93. The van der Waals surface area contributed by atoms with Gasteiger partial charge >= 0.3 is 0 Å². The highest BCUT2D eigenvalue weighted by Crippen LogP contribution is 2.20. The highest BCUT2D eigenvalue weighted by Gasteiger charge is 2.16. The fourth-order valence-corrected chi connectivity index (χ4v) is 2.05. The van der Waals surface area contributed by atoms with Crippen molar-refractivity contribution in [3.8, 4) is 0 Å². The molecular formula is C17H18O. The Morgan fingerprint density at radius 1 is 1.00 bits per heavy atom. The van der Waals surface area contributed by atoms with E-state index in [4.69, 9.17) is 0 Å².